The Balaban J connectivity index is 1.83. The first-order valence-corrected chi connectivity index (χ1v) is 9.71. The molecule has 1 amide bonds. The summed E-state index contributed by atoms with van der Waals surface area (Å²) in [7, 11) is 0. The predicted molar refractivity (Wildman–Crippen MR) is 108 cm³/mol. The summed E-state index contributed by atoms with van der Waals surface area (Å²) in [6, 6.07) is 12.1. The van der Waals surface area contributed by atoms with E-state index in [-0.39, 0.29) is 18.1 Å². The molecular weight excluding hydrogens is 389 g/mol. The molecule has 30 heavy (non-hydrogen) atoms. The van der Waals surface area contributed by atoms with Crippen molar-refractivity contribution in [3.8, 4) is 11.1 Å². The van der Waals surface area contributed by atoms with Crippen molar-refractivity contribution in [3.63, 3.8) is 0 Å². The van der Waals surface area contributed by atoms with Gasteiger partial charge in [0.05, 0.1) is 0 Å². The summed E-state index contributed by atoms with van der Waals surface area (Å²) in [6.07, 6.45) is -0.706. The Kier molecular flexibility index (Phi) is 6.20. The van der Waals surface area contributed by atoms with Crippen molar-refractivity contribution < 1.29 is 28.2 Å². The van der Waals surface area contributed by atoms with E-state index >= 15 is 0 Å². The van der Waals surface area contributed by atoms with Gasteiger partial charge in [-0.2, -0.15) is 0 Å². The lowest BCUT2D eigenvalue weighted by molar-refractivity contribution is -0.177. The fourth-order valence-electron chi connectivity index (χ4n) is 3.09. The minimum Gasteiger partial charge on any atom is -0.457 e. The average Bonchev–Trinajstić information content (AvgIpc) is 3.12. The van der Waals surface area contributed by atoms with Crippen LogP contribution < -0.4 is 5.32 Å². The number of carbonyl (C=O) groups is 3. The number of amides is 1. The molecule has 0 saturated carbocycles. The minimum atomic E-state index is -1.27. The maximum atomic E-state index is 13.1. The Morgan fingerprint density at radius 3 is 2.10 bits per heavy atom. The summed E-state index contributed by atoms with van der Waals surface area (Å²) in [5, 5.41) is 2.54. The van der Waals surface area contributed by atoms with Gasteiger partial charge in [-0.25, -0.2) is 14.0 Å². The van der Waals surface area contributed by atoms with Crippen LogP contribution in [-0.4, -0.2) is 29.5 Å². The third kappa shape index (κ3) is 5.43. The minimum absolute atomic E-state index is 0.227. The highest BCUT2D eigenvalue weighted by Crippen LogP contribution is 2.27. The SMILES string of the molecule is CC(C)(C)OC(=O)C(OC(=O)C1CCC(=O)N1)c1ccc(-c2ccc(F)cc2)cc1. The van der Waals surface area contributed by atoms with E-state index in [1.165, 1.54) is 12.1 Å². The molecule has 0 radical (unpaired) electrons. The number of carbonyl (C=O) groups excluding carboxylic acids is 3. The zero-order valence-corrected chi connectivity index (χ0v) is 17.1. The van der Waals surface area contributed by atoms with Crippen molar-refractivity contribution >= 4 is 17.8 Å². The Hall–Kier alpha value is -3.22. The maximum absolute atomic E-state index is 13.1. The van der Waals surface area contributed by atoms with E-state index < -0.39 is 29.7 Å². The molecule has 1 saturated heterocycles. The molecule has 0 spiro atoms. The second-order valence-corrected chi connectivity index (χ2v) is 8.14. The Morgan fingerprint density at radius 2 is 1.60 bits per heavy atom. The summed E-state index contributed by atoms with van der Waals surface area (Å²) in [6.45, 7) is 5.16. The summed E-state index contributed by atoms with van der Waals surface area (Å²) in [5.41, 5.74) is 1.29. The van der Waals surface area contributed by atoms with Crippen LogP contribution >= 0.6 is 0 Å². The smallest absolute Gasteiger partial charge is 0.352 e. The van der Waals surface area contributed by atoms with Crippen LogP contribution in [0.1, 0.15) is 45.3 Å². The van der Waals surface area contributed by atoms with Crippen molar-refractivity contribution in [1.82, 2.24) is 5.32 Å². The number of hydrogen-bond acceptors (Lipinski definition) is 5. The molecule has 7 heteroatoms. The van der Waals surface area contributed by atoms with Crippen molar-refractivity contribution in [2.45, 2.75) is 51.4 Å². The van der Waals surface area contributed by atoms with E-state index in [9.17, 15) is 18.8 Å². The van der Waals surface area contributed by atoms with Gasteiger partial charge in [-0.1, -0.05) is 36.4 Å². The molecule has 0 bridgehead atoms. The van der Waals surface area contributed by atoms with Gasteiger partial charge in [-0.15, -0.1) is 0 Å². The highest BCUT2D eigenvalue weighted by Gasteiger charge is 2.35. The number of halogens is 1. The van der Waals surface area contributed by atoms with Crippen LogP contribution in [0.25, 0.3) is 11.1 Å². The van der Waals surface area contributed by atoms with E-state index in [0.29, 0.717) is 12.0 Å². The molecule has 6 nitrogen and oxygen atoms in total. The molecule has 0 aromatic heterocycles. The first kappa shape index (κ1) is 21.5. The molecule has 1 N–H and O–H groups in total. The molecule has 2 atom stereocenters. The first-order chi connectivity index (χ1) is 14.1. The largest absolute Gasteiger partial charge is 0.457 e. The fourth-order valence-corrected chi connectivity index (χ4v) is 3.09. The van der Waals surface area contributed by atoms with Gasteiger partial charge in [-0.05, 0) is 50.5 Å². The molecule has 1 aliphatic heterocycles. The van der Waals surface area contributed by atoms with Gasteiger partial charge in [0.15, 0.2) is 0 Å². The number of esters is 2. The lowest BCUT2D eigenvalue weighted by atomic mass is 10.0. The summed E-state index contributed by atoms with van der Waals surface area (Å²) < 4.78 is 24.0. The molecule has 2 unspecified atom stereocenters. The second-order valence-electron chi connectivity index (χ2n) is 8.14. The van der Waals surface area contributed by atoms with E-state index in [0.717, 1.165) is 11.1 Å². The lowest BCUT2D eigenvalue weighted by Gasteiger charge is -2.25. The normalized spacial score (nSPS) is 17.2. The molecule has 1 fully saturated rings. The number of ether oxygens (including phenoxy) is 2. The summed E-state index contributed by atoms with van der Waals surface area (Å²) in [4.78, 5) is 36.6. The summed E-state index contributed by atoms with van der Waals surface area (Å²) >= 11 is 0. The predicted octanol–water partition coefficient (Wildman–Crippen LogP) is 3.70. The van der Waals surface area contributed by atoms with Crippen LogP contribution in [0.15, 0.2) is 48.5 Å². The lowest BCUT2D eigenvalue weighted by Crippen LogP contribution is -2.37. The molecule has 3 rings (SSSR count). The van der Waals surface area contributed by atoms with Crippen LogP contribution in [0.3, 0.4) is 0 Å². The van der Waals surface area contributed by atoms with Crippen molar-refractivity contribution in [1.29, 1.82) is 0 Å². The Morgan fingerprint density at radius 1 is 1.03 bits per heavy atom. The topological polar surface area (TPSA) is 81.7 Å². The van der Waals surface area contributed by atoms with Crippen molar-refractivity contribution in [3.05, 3.63) is 59.9 Å². The standard InChI is InChI=1S/C23H24FNO5/c1-23(2,3)30-22(28)20(29-21(27)18-12-13-19(26)25-18)16-6-4-14(5-7-16)15-8-10-17(24)11-9-15/h4-11,18,20H,12-13H2,1-3H3,(H,25,26). The molecule has 2 aromatic rings. The molecule has 1 heterocycles. The Bertz CT molecular complexity index is 932. The average molecular weight is 413 g/mol. The van der Waals surface area contributed by atoms with Gasteiger partial charge in [-0.3, -0.25) is 4.79 Å². The van der Waals surface area contributed by atoms with Gasteiger partial charge < -0.3 is 14.8 Å². The molecule has 0 aliphatic carbocycles. The third-order valence-electron chi connectivity index (χ3n) is 4.53. The molecule has 1 aliphatic rings. The van der Waals surface area contributed by atoms with Crippen LogP contribution in [0.4, 0.5) is 4.39 Å². The zero-order valence-electron chi connectivity index (χ0n) is 17.1. The third-order valence-corrected chi connectivity index (χ3v) is 4.53. The van der Waals surface area contributed by atoms with Gasteiger partial charge in [0.2, 0.25) is 12.0 Å². The van der Waals surface area contributed by atoms with E-state index in [1.54, 1.807) is 57.2 Å². The monoisotopic (exact) mass is 413 g/mol. The molecular formula is C23H24FNO5. The zero-order chi connectivity index (χ0) is 21.9. The number of nitrogens with one attached hydrogen (secondary N) is 1. The van der Waals surface area contributed by atoms with E-state index in [2.05, 4.69) is 5.32 Å². The van der Waals surface area contributed by atoms with E-state index in [4.69, 9.17) is 9.47 Å². The fraction of sp³-hybridized carbons (Fsp3) is 0.348. The number of benzene rings is 2. The quantitative estimate of drug-likeness (QED) is 0.756. The molecule has 158 valence electrons. The Labute approximate surface area is 174 Å². The van der Waals surface area contributed by atoms with Crippen LogP contribution in [0, 0.1) is 5.82 Å². The molecule has 2 aromatic carbocycles. The maximum Gasteiger partial charge on any atom is 0.352 e. The van der Waals surface area contributed by atoms with Gasteiger partial charge in [0, 0.05) is 12.0 Å². The van der Waals surface area contributed by atoms with Gasteiger partial charge in [0.25, 0.3) is 0 Å². The highest BCUT2D eigenvalue weighted by molar-refractivity contribution is 5.89. The highest BCUT2D eigenvalue weighted by atomic mass is 19.1. The summed E-state index contributed by atoms with van der Waals surface area (Å²) in [5.74, 6) is -1.94. The van der Waals surface area contributed by atoms with Crippen LogP contribution in [0.5, 0.6) is 0 Å². The van der Waals surface area contributed by atoms with E-state index in [1.807, 2.05) is 0 Å². The first-order valence-electron chi connectivity index (χ1n) is 9.71. The van der Waals surface area contributed by atoms with Crippen molar-refractivity contribution in [2.24, 2.45) is 0 Å². The van der Waals surface area contributed by atoms with Crippen LogP contribution in [-0.2, 0) is 23.9 Å². The van der Waals surface area contributed by atoms with Crippen molar-refractivity contribution in [2.75, 3.05) is 0 Å². The number of rotatable bonds is 5. The van der Waals surface area contributed by atoms with Crippen LogP contribution in [0.2, 0.25) is 0 Å². The van der Waals surface area contributed by atoms with Gasteiger partial charge in [0.1, 0.15) is 17.5 Å². The number of hydrogen-bond donors (Lipinski definition) is 1. The van der Waals surface area contributed by atoms with Gasteiger partial charge >= 0.3 is 11.9 Å². The second kappa shape index (κ2) is 8.65.